The maximum Gasteiger partial charge on any atom is 0.101 e. The van der Waals surface area contributed by atoms with Gasteiger partial charge in [0.2, 0.25) is 0 Å². The summed E-state index contributed by atoms with van der Waals surface area (Å²) in [6.07, 6.45) is 0. The van der Waals surface area contributed by atoms with Gasteiger partial charge in [0.15, 0.2) is 0 Å². The van der Waals surface area contributed by atoms with E-state index in [0.717, 1.165) is 5.56 Å². The third-order valence-electron chi connectivity index (χ3n) is 1.35. The molecule has 0 atom stereocenters. The van der Waals surface area contributed by atoms with Crippen molar-refractivity contribution in [3.8, 4) is 0 Å². The Balaban J connectivity index is 2.92. The summed E-state index contributed by atoms with van der Waals surface area (Å²) in [5, 5.41) is 11.5. The minimum absolute atomic E-state index is 0.223. The highest BCUT2D eigenvalue weighted by molar-refractivity contribution is 6.31. The van der Waals surface area contributed by atoms with Gasteiger partial charge < -0.3 is 5.21 Å². The van der Waals surface area contributed by atoms with E-state index in [0.29, 0.717) is 5.71 Å². The van der Waals surface area contributed by atoms with Gasteiger partial charge in [-0.3, -0.25) is 0 Å². The van der Waals surface area contributed by atoms with Crippen LogP contribution < -0.4 is 0 Å². The van der Waals surface area contributed by atoms with Gasteiger partial charge in [0.05, 0.1) is 5.88 Å². The van der Waals surface area contributed by atoms with Gasteiger partial charge in [-0.15, -0.1) is 11.6 Å². The second-order valence-corrected chi connectivity index (χ2v) is 2.31. The van der Waals surface area contributed by atoms with Gasteiger partial charge in [-0.25, -0.2) is 0 Å². The molecule has 0 unspecified atom stereocenters. The molecular formula is C8H8ClNO. The van der Waals surface area contributed by atoms with Crippen molar-refractivity contribution >= 4 is 17.3 Å². The molecule has 1 aromatic rings. The molecule has 0 spiro atoms. The first-order valence-corrected chi connectivity index (χ1v) is 3.74. The summed E-state index contributed by atoms with van der Waals surface area (Å²) in [5.74, 6) is 0.223. The van der Waals surface area contributed by atoms with Crippen molar-refractivity contribution in [2.45, 2.75) is 0 Å². The molecular weight excluding hydrogens is 162 g/mol. The number of benzene rings is 1. The van der Waals surface area contributed by atoms with Crippen LogP contribution in [0.1, 0.15) is 5.56 Å². The summed E-state index contributed by atoms with van der Waals surface area (Å²) in [6.45, 7) is 0. The zero-order valence-electron chi connectivity index (χ0n) is 5.87. The Morgan fingerprint density at radius 1 is 1.36 bits per heavy atom. The van der Waals surface area contributed by atoms with Gasteiger partial charge in [0, 0.05) is 5.56 Å². The van der Waals surface area contributed by atoms with E-state index < -0.39 is 0 Å². The van der Waals surface area contributed by atoms with E-state index in [9.17, 15) is 0 Å². The molecule has 0 aliphatic heterocycles. The number of hydrogen-bond acceptors (Lipinski definition) is 2. The smallest absolute Gasteiger partial charge is 0.101 e. The van der Waals surface area contributed by atoms with Crippen LogP contribution in [0.3, 0.4) is 0 Å². The molecule has 0 bridgehead atoms. The average Bonchev–Trinajstić information content (AvgIpc) is 2.09. The van der Waals surface area contributed by atoms with Crippen LogP contribution in [-0.4, -0.2) is 16.8 Å². The van der Waals surface area contributed by atoms with Gasteiger partial charge in [-0.05, 0) is 0 Å². The second-order valence-electron chi connectivity index (χ2n) is 2.05. The predicted octanol–water partition coefficient (Wildman–Crippen LogP) is 2.10. The first-order chi connectivity index (χ1) is 5.38. The molecule has 11 heavy (non-hydrogen) atoms. The van der Waals surface area contributed by atoms with E-state index in [1.54, 1.807) is 0 Å². The lowest BCUT2D eigenvalue weighted by Crippen LogP contribution is -2.01. The Morgan fingerprint density at radius 3 is 2.45 bits per heavy atom. The summed E-state index contributed by atoms with van der Waals surface area (Å²) >= 11 is 5.51. The highest BCUT2D eigenvalue weighted by Crippen LogP contribution is 2.01. The van der Waals surface area contributed by atoms with Crippen molar-refractivity contribution in [1.82, 2.24) is 0 Å². The summed E-state index contributed by atoms with van der Waals surface area (Å²) < 4.78 is 0. The Labute approximate surface area is 70.1 Å². The lowest BCUT2D eigenvalue weighted by molar-refractivity contribution is 0.319. The normalized spacial score (nSPS) is 11.5. The fourth-order valence-electron chi connectivity index (χ4n) is 0.792. The van der Waals surface area contributed by atoms with Crippen molar-refractivity contribution in [3.63, 3.8) is 0 Å². The Bertz CT molecular complexity index is 246. The molecule has 1 aromatic carbocycles. The van der Waals surface area contributed by atoms with Crippen molar-refractivity contribution in [1.29, 1.82) is 0 Å². The van der Waals surface area contributed by atoms with E-state index in [1.807, 2.05) is 30.3 Å². The van der Waals surface area contributed by atoms with Crippen LogP contribution in [0.15, 0.2) is 35.5 Å². The highest BCUT2D eigenvalue weighted by Gasteiger charge is 1.99. The van der Waals surface area contributed by atoms with Crippen LogP contribution >= 0.6 is 11.6 Å². The molecule has 0 aliphatic rings. The number of rotatable bonds is 2. The zero-order valence-corrected chi connectivity index (χ0v) is 6.62. The van der Waals surface area contributed by atoms with Crippen molar-refractivity contribution < 1.29 is 5.21 Å². The molecule has 0 heterocycles. The third-order valence-corrected chi connectivity index (χ3v) is 1.61. The van der Waals surface area contributed by atoms with Gasteiger partial charge in [-0.1, -0.05) is 35.5 Å². The molecule has 0 aromatic heterocycles. The first-order valence-electron chi connectivity index (χ1n) is 3.21. The molecule has 3 heteroatoms. The molecule has 58 valence electrons. The molecule has 0 amide bonds. The molecule has 0 radical (unpaired) electrons. The fraction of sp³-hybridized carbons (Fsp3) is 0.125. The minimum Gasteiger partial charge on any atom is -0.411 e. The molecule has 0 fully saturated rings. The van der Waals surface area contributed by atoms with Gasteiger partial charge in [-0.2, -0.15) is 0 Å². The third kappa shape index (κ3) is 1.95. The van der Waals surface area contributed by atoms with Crippen LogP contribution in [0.2, 0.25) is 0 Å². The maximum absolute atomic E-state index is 8.48. The SMILES string of the molecule is O/N=C(\CCl)c1ccccc1. The quantitative estimate of drug-likeness (QED) is 0.313. The number of nitrogens with zero attached hydrogens (tertiary/aromatic N) is 1. The van der Waals surface area contributed by atoms with Gasteiger partial charge >= 0.3 is 0 Å². The van der Waals surface area contributed by atoms with E-state index in [-0.39, 0.29) is 5.88 Å². The zero-order chi connectivity index (χ0) is 8.10. The summed E-state index contributed by atoms with van der Waals surface area (Å²) in [7, 11) is 0. The molecule has 2 nitrogen and oxygen atoms in total. The fourth-order valence-corrected chi connectivity index (χ4v) is 1.000. The van der Waals surface area contributed by atoms with Crippen molar-refractivity contribution in [2.24, 2.45) is 5.16 Å². The lowest BCUT2D eigenvalue weighted by Gasteiger charge is -1.97. The van der Waals surface area contributed by atoms with Crippen LogP contribution in [0.5, 0.6) is 0 Å². The van der Waals surface area contributed by atoms with E-state index in [4.69, 9.17) is 16.8 Å². The monoisotopic (exact) mass is 169 g/mol. The Morgan fingerprint density at radius 2 is 2.00 bits per heavy atom. The number of alkyl halides is 1. The average molecular weight is 170 g/mol. The van der Waals surface area contributed by atoms with E-state index >= 15 is 0 Å². The number of hydrogen-bond donors (Lipinski definition) is 1. The summed E-state index contributed by atoms with van der Waals surface area (Å²) in [6, 6.07) is 9.32. The van der Waals surface area contributed by atoms with Crippen molar-refractivity contribution in [3.05, 3.63) is 35.9 Å². The van der Waals surface area contributed by atoms with Crippen molar-refractivity contribution in [2.75, 3.05) is 5.88 Å². The molecule has 0 aliphatic carbocycles. The van der Waals surface area contributed by atoms with Gasteiger partial charge in [0.1, 0.15) is 5.71 Å². The molecule has 1 N–H and O–H groups in total. The molecule has 0 saturated heterocycles. The highest BCUT2D eigenvalue weighted by atomic mass is 35.5. The van der Waals surface area contributed by atoms with E-state index in [1.165, 1.54) is 0 Å². The minimum atomic E-state index is 0.223. The van der Waals surface area contributed by atoms with E-state index in [2.05, 4.69) is 5.16 Å². The standard InChI is InChI=1S/C8H8ClNO/c9-6-8(10-11)7-4-2-1-3-5-7/h1-5,11H,6H2/b10-8+. The van der Waals surface area contributed by atoms with Crippen LogP contribution in [0.4, 0.5) is 0 Å². The summed E-state index contributed by atoms with van der Waals surface area (Å²) in [5.41, 5.74) is 1.34. The van der Waals surface area contributed by atoms with Crippen LogP contribution in [-0.2, 0) is 0 Å². The molecule has 0 saturated carbocycles. The van der Waals surface area contributed by atoms with Crippen LogP contribution in [0, 0.1) is 0 Å². The Hall–Kier alpha value is -1.02. The number of oxime groups is 1. The Kier molecular flexibility index (Phi) is 2.93. The summed E-state index contributed by atoms with van der Waals surface area (Å²) in [4.78, 5) is 0. The number of halogens is 1. The first kappa shape index (κ1) is 8.08. The molecule has 1 rings (SSSR count). The second kappa shape index (κ2) is 3.98. The maximum atomic E-state index is 8.48. The van der Waals surface area contributed by atoms with Gasteiger partial charge in [0.25, 0.3) is 0 Å². The lowest BCUT2D eigenvalue weighted by atomic mass is 10.1. The van der Waals surface area contributed by atoms with Crippen LogP contribution in [0.25, 0.3) is 0 Å². The predicted molar refractivity (Wildman–Crippen MR) is 45.5 cm³/mol. The largest absolute Gasteiger partial charge is 0.411 e. The topological polar surface area (TPSA) is 32.6 Å².